The minimum atomic E-state index is -0.827. The molecule has 0 saturated heterocycles. The maximum atomic E-state index is 12.4. The van der Waals surface area contributed by atoms with Crippen molar-refractivity contribution in [1.29, 1.82) is 0 Å². The van der Waals surface area contributed by atoms with Crippen LogP contribution in [0.1, 0.15) is 43.7 Å². The van der Waals surface area contributed by atoms with E-state index in [9.17, 15) is 9.59 Å². The molecule has 112 valence electrons. The Hall–Kier alpha value is -1.84. The number of carboxylic acids is 1. The quantitative estimate of drug-likeness (QED) is 0.845. The van der Waals surface area contributed by atoms with Crippen LogP contribution in [-0.4, -0.2) is 17.0 Å². The van der Waals surface area contributed by atoms with E-state index < -0.39 is 5.97 Å². The van der Waals surface area contributed by atoms with Gasteiger partial charge in [-0.25, -0.2) is 0 Å². The smallest absolute Gasteiger partial charge is 0.303 e. The van der Waals surface area contributed by atoms with Gasteiger partial charge >= 0.3 is 5.97 Å². The van der Waals surface area contributed by atoms with Crippen LogP contribution >= 0.6 is 0 Å². The van der Waals surface area contributed by atoms with Gasteiger partial charge in [0.1, 0.15) is 0 Å². The number of carboxylic acid groups (broad SMARTS) is 1. The number of rotatable bonds is 6. The molecule has 3 atom stereocenters. The first-order valence-electron chi connectivity index (χ1n) is 7.70. The van der Waals surface area contributed by atoms with E-state index in [1.54, 1.807) is 0 Å². The van der Waals surface area contributed by atoms with E-state index in [0.29, 0.717) is 6.42 Å². The molecule has 2 N–H and O–H groups in total. The SMILES string of the molecule is O=C(O)CCC(NC(=O)C1CC2CC2C1)c1ccccc1. The van der Waals surface area contributed by atoms with E-state index >= 15 is 0 Å². The number of nitrogens with one attached hydrogen (secondary N) is 1. The van der Waals surface area contributed by atoms with Crippen molar-refractivity contribution in [2.24, 2.45) is 17.8 Å². The van der Waals surface area contributed by atoms with Gasteiger partial charge in [0, 0.05) is 12.3 Å². The van der Waals surface area contributed by atoms with Crippen molar-refractivity contribution in [3.05, 3.63) is 35.9 Å². The monoisotopic (exact) mass is 287 g/mol. The molecule has 2 aliphatic carbocycles. The largest absolute Gasteiger partial charge is 0.481 e. The fourth-order valence-corrected chi connectivity index (χ4v) is 3.49. The number of amides is 1. The highest BCUT2D eigenvalue weighted by atomic mass is 16.4. The summed E-state index contributed by atoms with van der Waals surface area (Å²) in [5.74, 6) is 0.948. The number of carbonyl (C=O) groups is 2. The molecule has 4 heteroatoms. The third kappa shape index (κ3) is 3.43. The maximum absolute atomic E-state index is 12.4. The first-order chi connectivity index (χ1) is 10.1. The summed E-state index contributed by atoms with van der Waals surface area (Å²) < 4.78 is 0. The number of fused-ring (bicyclic) bond motifs is 1. The van der Waals surface area contributed by atoms with Crippen LogP contribution in [0.4, 0.5) is 0 Å². The molecule has 2 fully saturated rings. The molecule has 2 aliphatic rings. The number of benzene rings is 1. The molecule has 0 aliphatic heterocycles. The minimum Gasteiger partial charge on any atom is -0.481 e. The van der Waals surface area contributed by atoms with Crippen LogP contribution in [0.5, 0.6) is 0 Å². The van der Waals surface area contributed by atoms with Crippen molar-refractivity contribution in [3.63, 3.8) is 0 Å². The Labute approximate surface area is 124 Å². The zero-order chi connectivity index (χ0) is 14.8. The highest BCUT2D eigenvalue weighted by Crippen LogP contribution is 2.54. The normalized spacial score (nSPS) is 27.7. The molecule has 4 nitrogen and oxygen atoms in total. The predicted octanol–water partition coefficient (Wildman–Crippen LogP) is 2.75. The Kier molecular flexibility index (Phi) is 3.95. The first kappa shape index (κ1) is 14.1. The van der Waals surface area contributed by atoms with Crippen molar-refractivity contribution in [3.8, 4) is 0 Å². The number of carbonyl (C=O) groups excluding carboxylic acids is 1. The van der Waals surface area contributed by atoms with Gasteiger partial charge in [0.2, 0.25) is 5.91 Å². The zero-order valence-electron chi connectivity index (χ0n) is 12.0. The number of hydrogen-bond acceptors (Lipinski definition) is 2. The summed E-state index contributed by atoms with van der Waals surface area (Å²) in [6.45, 7) is 0. The van der Waals surface area contributed by atoms with Gasteiger partial charge in [-0.3, -0.25) is 9.59 Å². The van der Waals surface area contributed by atoms with E-state index in [-0.39, 0.29) is 24.3 Å². The third-order valence-corrected chi connectivity index (χ3v) is 4.78. The van der Waals surface area contributed by atoms with Gasteiger partial charge in [0.25, 0.3) is 0 Å². The van der Waals surface area contributed by atoms with Gasteiger partial charge in [0.05, 0.1) is 6.04 Å². The Bertz CT molecular complexity index is 518. The maximum Gasteiger partial charge on any atom is 0.303 e. The summed E-state index contributed by atoms with van der Waals surface area (Å²) in [6, 6.07) is 9.44. The van der Waals surface area contributed by atoms with Gasteiger partial charge in [-0.05, 0) is 43.1 Å². The molecule has 3 rings (SSSR count). The number of hydrogen-bond donors (Lipinski definition) is 2. The van der Waals surface area contributed by atoms with Crippen molar-refractivity contribution in [2.45, 2.75) is 38.1 Å². The van der Waals surface area contributed by atoms with Crippen molar-refractivity contribution in [2.75, 3.05) is 0 Å². The van der Waals surface area contributed by atoms with Gasteiger partial charge in [-0.1, -0.05) is 30.3 Å². The van der Waals surface area contributed by atoms with Crippen LogP contribution in [0, 0.1) is 17.8 Å². The average Bonchev–Trinajstić information content (AvgIpc) is 3.10. The predicted molar refractivity (Wildman–Crippen MR) is 78.5 cm³/mol. The summed E-state index contributed by atoms with van der Waals surface area (Å²) in [7, 11) is 0. The van der Waals surface area contributed by atoms with Crippen LogP contribution < -0.4 is 5.32 Å². The van der Waals surface area contributed by atoms with Crippen molar-refractivity contribution < 1.29 is 14.7 Å². The lowest BCUT2D eigenvalue weighted by molar-refractivity contribution is -0.137. The van der Waals surface area contributed by atoms with Gasteiger partial charge < -0.3 is 10.4 Å². The van der Waals surface area contributed by atoms with Crippen LogP contribution in [0.3, 0.4) is 0 Å². The topological polar surface area (TPSA) is 66.4 Å². The second-order valence-corrected chi connectivity index (χ2v) is 6.33. The Morgan fingerprint density at radius 2 is 1.81 bits per heavy atom. The molecule has 0 bridgehead atoms. The molecule has 1 amide bonds. The highest BCUT2D eigenvalue weighted by molar-refractivity contribution is 5.79. The molecule has 0 radical (unpaired) electrons. The molecule has 2 saturated carbocycles. The molecular weight excluding hydrogens is 266 g/mol. The molecule has 1 aromatic rings. The van der Waals surface area contributed by atoms with Crippen molar-refractivity contribution >= 4 is 11.9 Å². The molecular formula is C17H21NO3. The highest BCUT2D eigenvalue weighted by Gasteiger charge is 2.48. The van der Waals surface area contributed by atoms with E-state index in [4.69, 9.17) is 5.11 Å². The van der Waals surface area contributed by atoms with Gasteiger partial charge in [0.15, 0.2) is 0 Å². The lowest BCUT2D eigenvalue weighted by Crippen LogP contribution is -2.33. The van der Waals surface area contributed by atoms with Crippen molar-refractivity contribution in [1.82, 2.24) is 5.32 Å². The Balaban J connectivity index is 1.63. The summed E-state index contributed by atoms with van der Waals surface area (Å²) in [5, 5.41) is 12.0. The lowest BCUT2D eigenvalue weighted by Gasteiger charge is -2.21. The molecule has 21 heavy (non-hydrogen) atoms. The van der Waals surface area contributed by atoms with E-state index in [1.165, 1.54) is 6.42 Å². The fraction of sp³-hybridized carbons (Fsp3) is 0.529. The van der Waals surface area contributed by atoms with E-state index in [2.05, 4.69) is 5.32 Å². The molecule has 0 spiro atoms. The van der Waals surface area contributed by atoms with Gasteiger partial charge in [-0.15, -0.1) is 0 Å². The second kappa shape index (κ2) is 5.88. The average molecular weight is 287 g/mol. The first-order valence-corrected chi connectivity index (χ1v) is 7.70. The van der Waals surface area contributed by atoms with Crippen LogP contribution in [0.15, 0.2) is 30.3 Å². The van der Waals surface area contributed by atoms with Crippen LogP contribution in [0.25, 0.3) is 0 Å². The Morgan fingerprint density at radius 3 is 2.43 bits per heavy atom. The van der Waals surface area contributed by atoms with Gasteiger partial charge in [-0.2, -0.15) is 0 Å². The summed E-state index contributed by atoms with van der Waals surface area (Å²) in [6.07, 6.45) is 3.82. The summed E-state index contributed by atoms with van der Waals surface area (Å²) in [5.41, 5.74) is 0.982. The molecule has 0 aromatic heterocycles. The third-order valence-electron chi connectivity index (χ3n) is 4.78. The Morgan fingerprint density at radius 1 is 1.14 bits per heavy atom. The zero-order valence-corrected chi connectivity index (χ0v) is 12.0. The minimum absolute atomic E-state index is 0.0652. The fourth-order valence-electron chi connectivity index (χ4n) is 3.49. The van der Waals surface area contributed by atoms with Crippen LogP contribution in [-0.2, 0) is 9.59 Å². The lowest BCUT2D eigenvalue weighted by atomic mass is 9.98. The molecule has 0 heterocycles. The standard InChI is InChI=1S/C17H21NO3/c19-16(20)7-6-15(11-4-2-1-3-5-11)18-17(21)14-9-12-8-13(12)10-14/h1-5,12-15H,6-10H2,(H,18,21)(H,19,20). The van der Waals surface area contributed by atoms with E-state index in [0.717, 1.165) is 30.2 Å². The molecule has 1 aromatic carbocycles. The summed E-state index contributed by atoms with van der Waals surface area (Å²) >= 11 is 0. The second-order valence-electron chi connectivity index (χ2n) is 6.33. The number of aliphatic carboxylic acids is 1. The van der Waals surface area contributed by atoms with E-state index in [1.807, 2.05) is 30.3 Å². The van der Waals surface area contributed by atoms with Crippen LogP contribution in [0.2, 0.25) is 0 Å². The summed E-state index contributed by atoms with van der Waals surface area (Å²) in [4.78, 5) is 23.2. The molecule has 3 unspecified atom stereocenters.